The molecular weight excluding hydrogens is 484 g/mol. The highest BCUT2D eigenvalue weighted by molar-refractivity contribution is 4.81. The molecule has 0 bridgehead atoms. The third-order valence-electron chi connectivity index (χ3n) is 7.48. The van der Waals surface area contributed by atoms with Crippen LogP contribution in [0.25, 0.3) is 0 Å². The Balaban J connectivity index is -0.00000255. The van der Waals surface area contributed by atoms with E-state index >= 15 is 0 Å². The maximum atomic E-state index is 2.62. The SMILES string of the molecule is CC.CCC.CCCCCCCC/C=C\CCCCCCCCN(C)N(CCC)CCCCCCCCCCC. The van der Waals surface area contributed by atoms with E-state index in [0.717, 1.165) is 0 Å². The molecule has 0 fully saturated rings. The molecule has 40 heavy (non-hydrogen) atoms. The van der Waals surface area contributed by atoms with Crippen LogP contribution in [0.1, 0.15) is 209 Å². The summed E-state index contributed by atoms with van der Waals surface area (Å²) in [5, 5.41) is 5.15. The number of rotatable bonds is 29. The Labute approximate surface area is 257 Å². The van der Waals surface area contributed by atoms with Crippen LogP contribution in [0.15, 0.2) is 12.2 Å². The summed E-state index contributed by atoms with van der Waals surface area (Å²) >= 11 is 0. The lowest BCUT2D eigenvalue weighted by Crippen LogP contribution is -2.41. The van der Waals surface area contributed by atoms with Crippen molar-refractivity contribution in [1.29, 1.82) is 0 Å². The summed E-state index contributed by atoms with van der Waals surface area (Å²) < 4.78 is 0. The average molecular weight is 567 g/mol. The fraction of sp³-hybridized carbons (Fsp3) is 0.947. The summed E-state index contributed by atoms with van der Waals surface area (Å²) in [6.45, 7) is 18.9. The minimum Gasteiger partial charge on any atom is -0.245 e. The fourth-order valence-corrected chi connectivity index (χ4v) is 5.05. The van der Waals surface area contributed by atoms with Gasteiger partial charge in [-0.2, -0.15) is 0 Å². The van der Waals surface area contributed by atoms with Gasteiger partial charge in [-0.3, -0.25) is 0 Å². The molecule has 0 atom stereocenters. The van der Waals surface area contributed by atoms with Crippen molar-refractivity contribution in [2.45, 2.75) is 209 Å². The molecule has 0 saturated heterocycles. The summed E-state index contributed by atoms with van der Waals surface area (Å²) in [5.41, 5.74) is 0. The van der Waals surface area contributed by atoms with E-state index in [2.05, 4.69) is 63.8 Å². The second-order valence-electron chi connectivity index (χ2n) is 11.8. The lowest BCUT2D eigenvalue weighted by molar-refractivity contribution is -0.00339. The summed E-state index contributed by atoms with van der Waals surface area (Å²) in [6.07, 6.45) is 39.6. The molecule has 0 heterocycles. The largest absolute Gasteiger partial charge is 0.245 e. The Bertz CT molecular complexity index is 420. The first kappa shape index (κ1) is 44.1. The molecule has 0 radical (unpaired) electrons. The molecule has 2 heteroatoms. The molecule has 0 aliphatic heterocycles. The molecule has 0 aliphatic rings. The zero-order chi connectivity index (χ0) is 30.4. The highest BCUT2D eigenvalue weighted by Gasteiger charge is 2.09. The number of hydrogen-bond donors (Lipinski definition) is 0. The van der Waals surface area contributed by atoms with E-state index in [-0.39, 0.29) is 0 Å². The van der Waals surface area contributed by atoms with Crippen LogP contribution in [0.2, 0.25) is 0 Å². The van der Waals surface area contributed by atoms with E-state index in [1.54, 1.807) is 0 Å². The predicted octanol–water partition coefficient (Wildman–Crippen LogP) is 13.6. The van der Waals surface area contributed by atoms with Crippen molar-refractivity contribution in [1.82, 2.24) is 10.0 Å². The van der Waals surface area contributed by atoms with Crippen LogP contribution in [-0.2, 0) is 0 Å². The minimum absolute atomic E-state index is 1.22. The van der Waals surface area contributed by atoms with Crippen LogP contribution in [0.4, 0.5) is 0 Å². The van der Waals surface area contributed by atoms with E-state index in [1.807, 2.05) is 13.8 Å². The predicted molar refractivity (Wildman–Crippen MR) is 188 cm³/mol. The molecule has 2 nitrogen and oxygen atoms in total. The molecular formula is C38H82N2. The van der Waals surface area contributed by atoms with Gasteiger partial charge >= 0.3 is 0 Å². The van der Waals surface area contributed by atoms with Crippen molar-refractivity contribution in [3.63, 3.8) is 0 Å². The number of nitrogens with zero attached hydrogens (tertiary/aromatic N) is 2. The first-order valence-corrected chi connectivity index (χ1v) is 18.8. The molecule has 0 spiro atoms. The van der Waals surface area contributed by atoms with Crippen molar-refractivity contribution in [3.05, 3.63) is 12.2 Å². The molecule has 244 valence electrons. The summed E-state index contributed by atoms with van der Waals surface area (Å²) in [5.74, 6) is 0. The lowest BCUT2D eigenvalue weighted by Gasteiger charge is -2.32. The van der Waals surface area contributed by atoms with Gasteiger partial charge in [0.1, 0.15) is 0 Å². The van der Waals surface area contributed by atoms with Crippen molar-refractivity contribution >= 4 is 0 Å². The van der Waals surface area contributed by atoms with Crippen LogP contribution < -0.4 is 0 Å². The molecule has 0 N–H and O–H groups in total. The van der Waals surface area contributed by atoms with E-state index in [0.29, 0.717) is 0 Å². The van der Waals surface area contributed by atoms with Gasteiger partial charge in [0, 0.05) is 26.7 Å². The van der Waals surface area contributed by atoms with E-state index in [9.17, 15) is 0 Å². The topological polar surface area (TPSA) is 6.48 Å². The zero-order valence-corrected chi connectivity index (χ0v) is 29.8. The molecule has 0 aromatic heterocycles. The molecule has 0 saturated carbocycles. The Morgan fingerprint density at radius 3 is 1.07 bits per heavy atom. The number of unbranched alkanes of at least 4 members (excludes halogenated alkanes) is 20. The van der Waals surface area contributed by atoms with Crippen LogP contribution in [0, 0.1) is 0 Å². The summed E-state index contributed by atoms with van der Waals surface area (Å²) in [6, 6.07) is 0. The average Bonchev–Trinajstić information content (AvgIpc) is 2.97. The standard InChI is InChI=1S/C33H68N2.C3H8.C2H6/c1-5-8-10-12-14-16-17-18-19-20-21-22-24-25-27-29-32-34(4)35(31-7-3)33-30-28-26-23-15-13-11-9-6-2;1-3-2;1-2/h18-19H,5-17,20-33H2,1-4H3;3H2,1-2H3;1-2H3/b19-18-;;. The molecule has 0 aromatic carbocycles. The summed E-state index contributed by atoms with van der Waals surface area (Å²) in [4.78, 5) is 0. The van der Waals surface area contributed by atoms with Gasteiger partial charge in [0.05, 0.1) is 0 Å². The Kier molecular flexibility index (Phi) is 47.5. The Morgan fingerprint density at radius 2 is 0.700 bits per heavy atom. The highest BCUT2D eigenvalue weighted by Crippen LogP contribution is 2.12. The van der Waals surface area contributed by atoms with Crippen LogP contribution in [0.5, 0.6) is 0 Å². The van der Waals surface area contributed by atoms with Gasteiger partial charge in [-0.1, -0.05) is 176 Å². The maximum Gasteiger partial charge on any atom is 0.0133 e. The van der Waals surface area contributed by atoms with Crippen molar-refractivity contribution in [2.24, 2.45) is 0 Å². The van der Waals surface area contributed by atoms with E-state index < -0.39 is 0 Å². The molecule has 0 aliphatic carbocycles. The van der Waals surface area contributed by atoms with Crippen molar-refractivity contribution in [2.75, 3.05) is 26.7 Å². The van der Waals surface area contributed by atoms with Gasteiger partial charge in [0.2, 0.25) is 0 Å². The molecule has 0 unspecified atom stereocenters. The maximum absolute atomic E-state index is 2.62. The highest BCUT2D eigenvalue weighted by atomic mass is 15.6. The number of hydrazine groups is 1. The van der Waals surface area contributed by atoms with Gasteiger partial charge in [-0.15, -0.1) is 0 Å². The van der Waals surface area contributed by atoms with Crippen LogP contribution in [-0.4, -0.2) is 36.7 Å². The Morgan fingerprint density at radius 1 is 0.375 bits per heavy atom. The first-order valence-electron chi connectivity index (χ1n) is 18.8. The van der Waals surface area contributed by atoms with Crippen LogP contribution >= 0.6 is 0 Å². The first-order chi connectivity index (χ1) is 19.7. The third kappa shape index (κ3) is 39.8. The van der Waals surface area contributed by atoms with Gasteiger partial charge in [-0.05, 0) is 44.9 Å². The van der Waals surface area contributed by atoms with E-state index in [4.69, 9.17) is 0 Å². The third-order valence-corrected chi connectivity index (χ3v) is 7.48. The van der Waals surface area contributed by atoms with Gasteiger partial charge < -0.3 is 0 Å². The summed E-state index contributed by atoms with van der Waals surface area (Å²) in [7, 11) is 2.32. The van der Waals surface area contributed by atoms with Crippen molar-refractivity contribution in [3.8, 4) is 0 Å². The van der Waals surface area contributed by atoms with Gasteiger partial charge in [0.25, 0.3) is 0 Å². The van der Waals surface area contributed by atoms with E-state index in [1.165, 1.54) is 180 Å². The number of hydrogen-bond acceptors (Lipinski definition) is 2. The fourth-order valence-electron chi connectivity index (χ4n) is 5.05. The quantitative estimate of drug-likeness (QED) is 0.0504. The van der Waals surface area contributed by atoms with Gasteiger partial charge in [0.15, 0.2) is 0 Å². The minimum atomic E-state index is 1.22. The number of allylic oxidation sites excluding steroid dienone is 2. The van der Waals surface area contributed by atoms with Crippen LogP contribution in [0.3, 0.4) is 0 Å². The second-order valence-corrected chi connectivity index (χ2v) is 11.8. The normalized spacial score (nSPS) is 11.2. The zero-order valence-electron chi connectivity index (χ0n) is 29.8. The monoisotopic (exact) mass is 567 g/mol. The smallest absolute Gasteiger partial charge is 0.0133 e. The second kappa shape index (κ2) is 43.1. The Hall–Kier alpha value is -0.340. The van der Waals surface area contributed by atoms with Crippen molar-refractivity contribution < 1.29 is 0 Å². The molecule has 0 aromatic rings. The molecule has 0 amide bonds. The lowest BCUT2D eigenvalue weighted by atomic mass is 10.1. The van der Waals surface area contributed by atoms with Gasteiger partial charge in [-0.25, -0.2) is 10.0 Å². The molecule has 0 rings (SSSR count).